The average molecular weight is 596 g/mol. The lowest BCUT2D eigenvalue weighted by Gasteiger charge is -2.22. The molecule has 7 rings (SSSR count). The molecule has 1 fully saturated rings. The average Bonchev–Trinajstić information content (AvgIpc) is 3.36. The van der Waals surface area contributed by atoms with Crippen molar-refractivity contribution in [2.75, 3.05) is 0 Å². The molecule has 2 aliphatic carbocycles. The van der Waals surface area contributed by atoms with Gasteiger partial charge in [0.05, 0.1) is 11.7 Å². The summed E-state index contributed by atoms with van der Waals surface area (Å²) in [5.74, 6) is -7.59. The van der Waals surface area contributed by atoms with Gasteiger partial charge in [0.25, 0.3) is 12.3 Å². The van der Waals surface area contributed by atoms with E-state index < -0.39 is 65.7 Å². The summed E-state index contributed by atoms with van der Waals surface area (Å²) < 4.78 is 86.5. The number of rotatable bonds is 8. The van der Waals surface area contributed by atoms with Gasteiger partial charge in [-0.1, -0.05) is 12.1 Å². The number of aromatic amines is 1. The monoisotopic (exact) mass is 595 g/mol. The number of amides is 1. The highest BCUT2D eigenvalue weighted by Crippen LogP contribution is 2.68. The van der Waals surface area contributed by atoms with E-state index in [1.54, 1.807) is 18.3 Å². The summed E-state index contributed by atoms with van der Waals surface area (Å²) in [4.78, 5) is 21.0. The highest BCUT2D eigenvalue weighted by Gasteiger charge is 2.67. The number of pyridine rings is 1. The lowest BCUT2D eigenvalue weighted by Crippen LogP contribution is -2.35. The van der Waals surface area contributed by atoms with Crippen LogP contribution in [-0.2, 0) is 23.7 Å². The molecule has 220 valence electrons. The Bertz CT molecular complexity index is 1860. The fourth-order valence-electron chi connectivity index (χ4n) is 6.29. The van der Waals surface area contributed by atoms with Crippen LogP contribution in [0.4, 0.5) is 26.3 Å². The Morgan fingerprint density at radius 3 is 2.63 bits per heavy atom. The summed E-state index contributed by atoms with van der Waals surface area (Å²) in [7, 11) is 0. The second-order valence-electron chi connectivity index (χ2n) is 11.0. The molecule has 2 N–H and O–H groups in total. The number of hydrogen-bond donors (Lipinski definition) is 2. The molecule has 0 spiro atoms. The molecule has 0 radical (unpaired) electrons. The van der Waals surface area contributed by atoms with Crippen LogP contribution in [0.15, 0.2) is 67.0 Å². The van der Waals surface area contributed by atoms with Crippen molar-refractivity contribution in [1.29, 1.82) is 0 Å². The van der Waals surface area contributed by atoms with E-state index in [0.717, 1.165) is 34.7 Å². The molecular formula is C31H23F6N5O. The fraction of sp³-hybridized carbons (Fsp3) is 0.258. The first-order chi connectivity index (χ1) is 20.6. The minimum atomic E-state index is -3.38. The molecule has 2 aromatic carbocycles. The third kappa shape index (κ3) is 4.74. The van der Waals surface area contributed by atoms with Gasteiger partial charge in [-0.3, -0.25) is 14.5 Å². The molecule has 12 heteroatoms. The summed E-state index contributed by atoms with van der Waals surface area (Å²) in [6, 6.07) is 13.0. The van der Waals surface area contributed by atoms with Crippen molar-refractivity contribution < 1.29 is 31.1 Å². The van der Waals surface area contributed by atoms with E-state index in [9.17, 15) is 22.4 Å². The molecule has 5 aromatic rings. The molecule has 0 saturated heterocycles. The van der Waals surface area contributed by atoms with Crippen LogP contribution in [0.5, 0.6) is 0 Å². The molecule has 6 nitrogen and oxygen atoms in total. The summed E-state index contributed by atoms with van der Waals surface area (Å²) in [6.45, 7) is -0.754. The van der Waals surface area contributed by atoms with Gasteiger partial charge in [-0.15, -0.1) is 0 Å². The minimum absolute atomic E-state index is 0.0981. The van der Waals surface area contributed by atoms with Gasteiger partial charge in [0.1, 0.15) is 29.6 Å². The fourth-order valence-corrected chi connectivity index (χ4v) is 6.29. The predicted molar refractivity (Wildman–Crippen MR) is 144 cm³/mol. The smallest absolute Gasteiger partial charge is 0.293 e. The predicted octanol–water partition coefficient (Wildman–Crippen LogP) is 6.95. The Morgan fingerprint density at radius 2 is 1.86 bits per heavy atom. The topological polar surface area (TPSA) is 75.6 Å². The number of alkyl halides is 4. The van der Waals surface area contributed by atoms with E-state index in [0.29, 0.717) is 15.9 Å². The largest absolute Gasteiger partial charge is 0.361 e. The first kappa shape index (κ1) is 27.2. The van der Waals surface area contributed by atoms with Crippen LogP contribution in [0.25, 0.3) is 22.0 Å². The molecule has 3 aromatic heterocycles. The molecule has 1 saturated carbocycles. The maximum Gasteiger partial charge on any atom is 0.293 e. The number of halogens is 6. The Morgan fingerprint density at radius 1 is 1.07 bits per heavy atom. The number of hydrogen-bond acceptors (Lipinski definition) is 3. The van der Waals surface area contributed by atoms with E-state index >= 15 is 8.78 Å². The van der Waals surface area contributed by atoms with E-state index in [1.807, 2.05) is 24.3 Å². The van der Waals surface area contributed by atoms with E-state index in [1.165, 1.54) is 6.20 Å². The Kier molecular flexibility index (Phi) is 6.33. The second-order valence-corrected chi connectivity index (χ2v) is 11.0. The molecule has 2 unspecified atom stereocenters. The van der Waals surface area contributed by atoms with Crippen molar-refractivity contribution in [3.8, 4) is 11.1 Å². The number of H-pyrrole nitrogens is 1. The van der Waals surface area contributed by atoms with Gasteiger partial charge in [0.2, 0.25) is 5.91 Å². The number of aromatic nitrogens is 4. The Hall–Kier alpha value is -4.61. The minimum Gasteiger partial charge on any atom is -0.361 e. The van der Waals surface area contributed by atoms with Gasteiger partial charge in [-0.2, -0.15) is 13.9 Å². The van der Waals surface area contributed by atoms with Gasteiger partial charge >= 0.3 is 0 Å². The molecule has 3 atom stereocenters. The summed E-state index contributed by atoms with van der Waals surface area (Å²) in [5.41, 5.74) is 1.31. The van der Waals surface area contributed by atoms with Gasteiger partial charge in [-0.25, -0.2) is 17.6 Å². The van der Waals surface area contributed by atoms with Gasteiger partial charge in [0, 0.05) is 41.0 Å². The van der Waals surface area contributed by atoms with Crippen LogP contribution in [0.2, 0.25) is 0 Å². The lowest BCUT2D eigenvalue weighted by molar-refractivity contribution is -0.123. The maximum atomic E-state index is 15.1. The lowest BCUT2D eigenvalue weighted by atomic mass is 9.95. The zero-order valence-electron chi connectivity index (χ0n) is 22.3. The SMILES string of the molecule is O=C(Cn1nc(C(F)F)c2c1C(F)(F)C1CC21)N[C@@H](Cc1cc(F)cc(F)c1)c1ncccc1-c1ccc2[nH]ccc2c1. The van der Waals surface area contributed by atoms with Crippen LogP contribution in [0, 0.1) is 17.6 Å². The number of carbonyl (C=O) groups excluding carboxylic acids is 1. The number of benzene rings is 2. The number of nitrogens with one attached hydrogen (secondary N) is 2. The van der Waals surface area contributed by atoms with Crippen LogP contribution < -0.4 is 5.32 Å². The third-order valence-electron chi connectivity index (χ3n) is 8.19. The van der Waals surface area contributed by atoms with Crippen LogP contribution >= 0.6 is 0 Å². The van der Waals surface area contributed by atoms with Gasteiger partial charge in [0.15, 0.2) is 0 Å². The van der Waals surface area contributed by atoms with Crippen molar-refractivity contribution in [3.05, 3.63) is 107 Å². The zero-order chi connectivity index (χ0) is 30.0. The van der Waals surface area contributed by atoms with E-state index in [2.05, 4.69) is 20.4 Å². The van der Waals surface area contributed by atoms with Crippen LogP contribution in [-0.4, -0.2) is 25.7 Å². The highest BCUT2D eigenvalue weighted by atomic mass is 19.3. The summed E-state index contributed by atoms with van der Waals surface area (Å²) >= 11 is 0. The second kappa shape index (κ2) is 9.99. The molecule has 43 heavy (non-hydrogen) atoms. The number of nitrogens with zero attached hydrogens (tertiary/aromatic N) is 3. The van der Waals surface area contributed by atoms with Crippen molar-refractivity contribution in [3.63, 3.8) is 0 Å². The van der Waals surface area contributed by atoms with Gasteiger partial charge < -0.3 is 10.3 Å². The molecule has 1 amide bonds. The third-order valence-corrected chi connectivity index (χ3v) is 8.19. The normalized spacial score (nSPS) is 19.0. The van der Waals surface area contributed by atoms with Crippen molar-refractivity contribution >= 4 is 16.8 Å². The zero-order valence-corrected chi connectivity index (χ0v) is 22.3. The summed E-state index contributed by atoms with van der Waals surface area (Å²) in [5, 5.41) is 7.39. The van der Waals surface area contributed by atoms with E-state index in [-0.39, 0.29) is 24.0 Å². The van der Waals surface area contributed by atoms with Crippen LogP contribution in [0.1, 0.15) is 53.0 Å². The van der Waals surface area contributed by atoms with Crippen LogP contribution in [0.3, 0.4) is 0 Å². The van der Waals surface area contributed by atoms with Crippen molar-refractivity contribution in [1.82, 2.24) is 25.1 Å². The quantitative estimate of drug-likeness (QED) is 0.191. The molecular weight excluding hydrogens is 572 g/mol. The maximum absolute atomic E-state index is 15.1. The van der Waals surface area contributed by atoms with Crippen molar-refractivity contribution in [2.24, 2.45) is 5.92 Å². The summed E-state index contributed by atoms with van der Waals surface area (Å²) in [6.07, 6.45) is 0.217. The van der Waals surface area contributed by atoms with Gasteiger partial charge in [-0.05, 0) is 71.7 Å². The first-order valence-corrected chi connectivity index (χ1v) is 13.6. The standard InChI is InChI=1S/C31H23F6N5O/c32-18-8-15(9-19(33)12-18)10-24(27-20(2-1-6-39-27)16-3-4-23-17(11-16)5-7-38-23)40-25(43)14-42-29-26(28(41-42)30(34)35)21-13-22(21)31(29,36)37/h1-9,11-12,21-22,24,30,38H,10,13-14H2,(H,40,43)/t21?,22?,24-/m0/s1. The number of fused-ring (bicyclic) bond motifs is 4. The highest BCUT2D eigenvalue weighted by molar-refractivity contribution is 5.85. The molecule has 3 heterocycles. The Balaban J connectivity index is 1.25. The van der Waals surface area contributed by atoms with E-state index in [4.69, 9.17) is 0 Å². The van der Waals surface area contributed by atoms with Crippen molar-refractivity contribution in [2.45, 2.75) is 43.7 Å². The molecule has 0 aliphatic heterocycles. The first-order valence-electron chi connectivity index (χ1n) is 13.6. The Labute approximate surface area is 240 Å². The number of carbonyl (C=O) groups is 1. The molecule has 0 bridgehead atoms. The molecule has 2 aliphatic rings.